The van der Waals surface area contributed by atoms with Gasteiger partial charge in [-0.05, 0) is 92.8 Å². The summed E-state index contributed by atoms with van der Waals surface area (Å²) in [6, 6.07) is 16.2. The van der Waals surface area contributed by atoms with Gasteiger partial charge in [-0.3, -0.25) is 14.5 Å². The minimum atomic E-state index is -0.648. The van der Waals surface area contributed by atoms with Crippen LogP contribution in [0.4, 0.5) is 4.39 Å². The number of ketones is 1. The van der Waals surface area contributed by atoms with Crippen molar-refractivity contribution in [2.24, 2.45) is 17.8 Å². The highest BCUT2D eigenvalue weighted by Gasteiger charge is 2.43. The zero-order valence-electron chi connectivity index (χ0n) is 23.0. The Morgan fingerprint density at radius 2 is 1.59 bits per heavy atom. The fraction of sp³-hybridized carbons (Fsp3) is 0.576. The molecule has 39 heavy (non-hydrogen) atoms. The van der Waals surface area contributed by atoms with Gasteiger partial charge in [-0.1, -0.05) is 49.6 Å². The number of carbonyl (C=O) groups excluding carboxylic acids is 1. The van der Waals surface area contributed by atoms with E-state index in [2.05, 4.69) is 40.1 Å². The van der Waals surface area contributed by atoms with Crippen molar-refractivity contribution in [1.82, 2.24) is 9.80 Å². The van der Waals surface area contributed by atoms with Gasteiger partial charge in [0.1, 0.15) is 11.9 Å². The molecule has 2 aromatic carbocycles. The number of piperidine rings is 1. The summed E-state index contributed by atoms with van der Waals surface area (Å²) in [7, 11) is 0. The normalized spacial score (nSPS) is 24.5. The molecule has 0 spiro atoms. The molecule has 3 aliphatic rings. The Morgan fingerprint density at radius 3 is 2.26 bits per heavy atom. The van der Waals surface area contributed by atoms with Crippen LogP contribution in [0.15, 0.2) is 54.6 Å². The van der Waals surface area contributed by atoms with Crippen LogP contribution in [0.1, 0.15) is 79.6 Å². The van der Waals surface area contributed by atoms with Crippen molar-refractivity contribution >= 4 is 11.8 Å². The summed E-state index contributed by atoms with van der Waals surface area (Å²) in [5, 5.41) is 10.3. The van der Waals surface area contributed by atoms with Crippen molar-refractivity contribution in [3.8, 4) is 0 Å². The Hall–Kier alpha value is -2.57. The number of hydrogen-bond acceptors (Lipinski definition) is 4. The molecule has 0 bridgehead atoms. The maximum Gasteiger partial charge on any atom is 0.321 e. The van der Waals surface area contributed by atoms with Gasteiger partial charge >= 0.3 is 5.97 Å². The molecule has 1 N–H and O–H groups in total. The Kier molecular flexibility index (Phi) is 9.46. The second-order valence-corrected chi connectivity index (χ2v) is 12.1. The summed E-state index contributed by atoms with van der Waals surface area (Å²) < 4.78 is 13.2. The predicted octanol–water partition coefficient (Wildman–Crippen LogP) is 6.25. The average molecular weight is 535 g/mol. The number of Topliss-reactive ketones (excluding diaryl/α,β-unsaturated/α-hetero) is 1. The lowest BCUT2D eigenvalue weighted by molar-refractivity contribution is -0.145. The first-order valence-electron chi connectivity index (χ1n) is 15.0. The van der Waals surface area contributed by atoms with E-state index < -0.39 is 5.97 Å². The van der Waals surface area contributed by atoms with Gasteiger partial charge in [-0.25, -0.2) is 4.39 Å². The quantitative estimate of drug-likeness (QED) is 0.365. The van der Waals surface area contributed by atoms with Gasteiger partial charge in [0, 0.05) is 37.5 Å². The van der Waals surface area contributed by atoms with Gasteiger partial charge in [0.2, 0.25) is 0 Å². The van der Waals surface area contributed by atoms with E-state index in [1.165, 1.54) is 24.1 Å². The number of likely N-dealkylation sites (tertiary alicyclic amines) is 2. The van der Waals surface area contributed by atoms with Crippen LogP contribution < -0.4 is 0 Å². The number of carboxylic acids is 1. The third kappa shape index (κ3) is 7.15. The van der Waals surface area contributed by atoms with E-state index in [-0.39, 0.29) is 23.6 Å². The smallest absolute Gasteiger partial charge is 0.321 e. The SMILES string of the molecule is O=C(CCC1CCN(C[C@H]2CN([C@@H](C(=O)O)C3CCCCC3)C[C@@H]2c2ccccc2)CC1)c1ccc(F)cc1. The molecule has 3 fully saturated rings. The topological polar surface area (TPSA) is 60.9 Å². The number of halogens is 1. The largest absolute Gasteiger partial charge is 0.480 e. The monoisotopic (exact) mass is 534 g/mol. The zero-order valence-corrected chi connectivity index (χ0v) is 23.0. The Balaban J connectivity index is 1.17. The molecule has 2 aromatic rings. The van der Waals surface area contributed by atoms with Crippen LogP contribution in [0, 0.1) is 23.6 Å². The van der Waals surface area contributed by atoms with Gasteiger partial charge in [-0.2, -0.15) is 0 Å². The maximum atomic E-state index is 13.2. The number of carboxylic acid groups (broad SMARTS) is 1. The summed E-state index contributed by atoms with van der Waals surface area (Å²) in [5.74, 6) is 0.701. The van der Waals surface area contributed by atoms with E-state index in [0.717, 1.165) is 77.7 Å². The first-order chi connectivity index (χ1) is 19.0. The Morgan fingerprint density at radius 1 is 0.897 bits per heavy atom. The predicted molar refractivity (Wildman–Crippen MR) is 151 cm³/mol. The van der Waals surface area contributed by atoms with Crippen molar-refractivity contribution in [2.45, 2.75) is 69.7 Å². The van der Waals surface area contributed by atoms with Crippen LogP contribution in [0.25, 0.3) is 0 Å². The fourth-order valence-corrected chi connectivity index (χ4v) is 7.41. The van der Waals surface area contributed by atoms with E-state index in [4.69, 9.17) is 0 Å². The summed E-state index contributed by atoms with van der Waals surface area (Å²) in [6.07, 6.45) is 9.17. The zero-order chi connectivity index (χ0) is 27.2. The van der Waals surface area contributed by atoms with Gasteiger partial charge in [0.05, 0.1) is 0 Å². The molecule has 0 amide bonds. The van der Waals surface area contributed by atoms with E-state index >= 15 is 0 Å². The number of benzene rings is 2. The van der Waals surface area contributed by atoms with Gasteiger partial charge in [-0.15, -0.1) is 0 Å². The molecule has 0 aromatic heterocycles. The van der Waals surface area contributed by atoms with Crippen LogP contribution in [0.3, 0.4) is 0 Å². The third-order valence-corrected chi connectivity index (χ3v) is 9.59. The summed E-state index contributed by atoms with van der Waals surface area (Å²) >= 11 is 0. The molecule has 1 aliphatic carbocycles. The van der Waals surface area contributed by atoms with Gasteiger partial charge in [0.25, 0.3) is 0 Å². The number of hydrogen-bond donors (Lipinski definition) is 1. The van der Waals surface area contributed by atoms with E-state index in [1.54, 1.807) is 12.1 Å². The molecule has 2 heterocycles. The van der Waals surface area contributed by atoms with Crippen LogP contribution in [-0.2, 0) is 4.79 Å². The highest BCUT2D eigenvalue weighted by Crippen LogP contribution is 2.38. The average Bonchev–Trinajstić information content (AvgIpc) is 3.36. The summed E-state index contributed by atoms with van der Waals surface area (Å²) in [5.41, 5.74) is 1.92. The molecule has 5 nitrogen and oxygen atoms in total. The van der Waals surface area contributed by atoms with Crippen molar-refractivity contribution in [3.05, 3.63) is 71.5 Å². The number of rotatable bonds is 10. The molecular formula is C33H43FN2O3. The molecule has 0 radical (unpaired) electrons. The molecule has 2 aliphatic heterocycles. The molecule has 210 valence electrons. The highest BCUT2D eigenvalue weighted by atomic mass is 19.1. The third-order valence-electron chi connectivity index (χ3n) is 9.59. The van der Waals surface area contributed by atoms with Gasteiger partial charge < -0.3 is 10.0 Å². The molecule has 5 rings (SSSR count). The van der Waals surface area contributed by atoms with Crippen molar-refractivity contribution in [2.75, 3.05) is 32.7 Å². The lowest BCUT2D eigenvalue weighted by Gasteiger charge is -2.35. The molecule has 2 saturated heterocycles. The van der Waals surface area contributed by atoms with Crippen molar-refractivity contribution < 1.29 is 19.1 Å². The van der Waals surface area contributed by atoms with Gasteiger partial charge in [0.15, 0.2) is 5.78 Å². The number of nitrogens with zero attached hydrogens (tertiary/aromatic N) is 2. The minimum absolute atomic E-state index is 0.0973. The highest BCUT2D eigenvalue weighted by molar-refractivity contribution is 5.95. The van der Waals surface area contributed by atoms with E-state index in [1.807, 2.05) is 0 Å². The van der Waals surface area contributed by atoms with Crippen LogP contribution in [0.5, 0.6) is 0 Å². The summed E-state index contributed by atoms with van der Waals surface area (Å²) in [4.78, 5) is 29.9. The second kappa shape index (κ2) is 13.2. The summed E-state index contributed by atoms with van der Waals surface area (Å²) in [6.45, 7) is 4.72. The Bertz CT molecular complexity index is 1080. The van der Waals surface area contributed by atoms with Crippen LogP contribution >= 0.6 is 0 Å². The molecule has 6 heteroatoms. The van der Waals surface area contributed by atoms with Crippen molar-refractivity contribution in [3.63, 3.8) is 0 Å². The fourth-order valence-electron chi connectivity index (χ4n) is 7.41. The maximum absolute atomic E-state index is 13.2. The van der Waals surface area contributed by atoms with E-state index in [0.29, 0.717) is 29.7 Å². The standard InChI is InChI=1S/C33H43FN2O3/c34-29-14-12-26(13-15-29)31(37)16-11-24-17-19-35(20-18-24)21-28-22-36(23-30(28)25-7-3-1-4-8-25)32(33(38)39)27-9-5-2-6-10-27/h1,3-4,7-8,12-15,24,27-28,30,32H,2,5-6,9-11,16-23H2,(H,38,39)/t28-,30+,32+/m0/s1. The molecule has 1 saturated carbocycles. The molecule has 3 atom stereocenters. The number of aliphatic carboxylic acids is 1. The lowest BCUT2D eigenvalue weighted by Crippen LogP contribution is -2.46. The first kappa shape index (κ1) is 28.0. The van der Waals surface area contributed by atoms with E-state index in [9.17, 15) is 19.1 Å². The second-order valence-electron chi connectivity index (χ2n) is 12.1. The lowest BCUT2D eigenvalue weighted by atomic mass is 9.83. The molecular weight excluding hydrogens is 491 g/mol. The van der Waals surface area contributed by atoms with Crippen molar-refractivity contribution in [1.29, 1.82) is 0 Å². The number of carbonyl (C=O) groups is 2. The minimum Gasteiger partial charge on any atom is -0.480 e. The first-order valence-corrected chi connectivity index (χ1v) is 15.0. The molecule has 0 unspecified atom stereocenters. The van der Waals surface area contributed by atoms with Crippen LogP contribution in [0.2, 0.25) is 0 Å². The Labute approximate surface area is 232 Å². The van der Waals surface area contributed by atoms with Crippen LogP contribution in [-0.4, -0.2) is 65.4 Å².